The van der Waals surface area contributed by atoms with Crippen LogP contribution in [-0.2, 0) is 4.79 Å². The van der Waals surface area contributed by atoms with Crippen LogP contribution in [0.2, 0.25) is 0 Å². The third-order valence-electron chi connectivity index (χ3n) is 2.22. The van der Waals surface area contributed by atoms with Gasteiger partial charge < -0.3 is 15.3 Å². The van der Waals surface area contributed by atoms with Crippen molar-refractivity contribution in [3.8, 4) is 0 Å². The number of nitrogens with one attached hydrogen (secondary N) is 1. The highest BCUT2D eigenvalue weighted by Crippen LogP contribution is 2.03. The lowest BCUT2D eigenvalue weighted by atomic mass is 10.2. The number of amides is 1. The molecule has 2 atom stereocenters. The number of hydrogen-bond donors (Lipinski definition) is 2. The molecule has 1 aliphatic rings. The molecule has 1 rings (SSSR count). The summed E-state index contributed by atoms with van der Waals surface area (Å²) in [7, 11) is 0. The summed E-state index contributed by atoms with van der Waals surface area (Å²) in [6.07, 6.45) is 0.525. The molecule has 1 aliphatic heterocycles. The van der Waals surface area contributed by atoms with E-state index in [0.29, 0.717) is 6.54 Å². The van der Waals surface area contributed by atoms with Crippen LogP contribution in [0, 0.1) is 0 Å². The molecule has 0 aromatic carbocycles. The van der Waals surface area contributed by atoms with Gasteiger partial charge in [-0.3, -0.25) is 4.79 Å². The molecule has 0 saturated carbocycles. The molecular weight excluding hydrogens is 168 g/mol. The predicted octanol–water partition coefficient (Wildman–Crippen LogP) is -0.422. The maximum atomic E-state index is 11.6. The van der Waals surface area contributed by atoms with Gasteiger partial charge in [-0.25, -0.2) is 0 Å². The van der Waals surface area contributed by atoms with E-state index < -0.39 is 6.10 Å². The quantitative estimate of drug-likeness (QED) is 0.615. The number of aliphatic hydroxyl groups is 1. The number of hydrogen-bond acceptors (Lipinski definition) is 3. The van der Waals surface area contributed by atoms with E-state index in [9.17, 15) is 9.90 Å². The largest absolute Gasteiger partial charge is 0.392 e. The molecule has 4 nitrogen and oxygen atoms in total. The number of carbonyl (C=O) groups excluding carboxylic acids is 1. The van der Waals surface area contributed by atoms with Crippen LogP contribution >= 0.6 is 0 Å². The summed E-state index contributed by atoms with van der Waals surface area (Å²) >= 11 is 0. The van der Waals surface area contributed by atoms with Gasteiger partial charge in [0.2, 0.25) is 5.91 Å². The fourth-order valence-electron chi connectivity index (χ4n) is 1.56. The average Bonchev–Trinajstić information content (AvgIpc) is 2.19. The van der Waals surface area contributed by atoms with E-state index in [1.54, 1.807) is 11.8 Å². The van der Waals surface area contributed by atoms with Crippen LogP contribution in [0.25, 0.3) is 0 Å². The minimum atomic E-state index is -0.436. The van der Waals surface area contributed by atoms with Gasteiger partial charge in [0.15, 0.2) is 0 Å². The molecule has 0 aliphatic carbocycles. The molecule has 76 valence electrons. The highest BCUT2D eigenvalue weighted by molar-refractivity contribution is 5.81. The van der Waals surface area contributed by atoms with Gasteiger partial charge in [-0.1, -0.05) is 0 Å². The van der Waals surface area contributed by atoms with Crippen molar-refractivity contribution in [2.24, 2.45) is 0 Å². The number of rotatable bonds is 2. The fraction of sp³-hybridized carbons (Fsp3) is 0.889. The summed E-state index contributed by atoms with van der Waals surface area (Å²) < 4.78 is 0. The standard InChI is InChI=1S/C9H18N2O2/c1-7(12)6-11-5-3-4-10-8(2)9(11)13/h7-8,10,12H,3-6H2,1-2H3. The maximum absolute atomic E-state index is 11.6. The van der Waals surface area contributed by atoms with E-state index >= 15 is 0 Å². The molecule has 1 saturated heterocycles. The summed E-state index contributed by atoms with van der Waals surface area (Å²) in [5.41, 5.74) is 0. The molecule has 1 amide bonds. The molecule has 0 aromatic heterocycles. The van der Waals surface area contributed by atoms with Crippen LogP contribution in [0.4, 0.5) is 0 Å². The minimum absolute atomic E-state index is 0.0957. The van der Waals surface area contributed by atoms with Gasteiger partial charge in [0, 0.05) is 13.1 Å². The second-order valence-corrected chi connectivity index (χ2v) is 3.66. The Kier molecular flexibility index (Phi) is 3.69. The highest BCUT2D eigenvalue weighted by atomic mass is 16.3. The Bertz CT molecular complexity index is 182. The lowest BCUT2D eigenvalue weighted by Gasteiger charge is -2.23. The Morgan fingerprint density at radius 3 is 3.08 bits per heavy atom. The van der Waals surface area contributed by atoms with E-state index in [-0.39, 0.29) is 11.9 Å². The van der Waals surface area contributed by atoms with Crippen molar-refractivity contribution in [2.75, 3.05) is 19.6 Å². The maximum Gasteiger partial charge on any atom is 0.239 e. The molecule has 0 aromatic rings. The number of nitrogens with zero attached hydrogens (tertiary/aromatic N) is 1. The van der Waals surface area contributed by atoms with Crippen LogP contribution in [0.5, 0.6) is 0 Å². The summed E-state index contributed by atoms with van der Waals surface area (Å²) in [5, 5.41) is 12.3. The summed E-state index contributed by atoms with van der Waals surface area (Å²) in [6.45, 7) is 5.65. The Balaban J connectivity index is 2.54. The SMILES string of the molecule is CC(O)CN1CCCNC(C)C1=O. The van der Waals surface area contributed by atoms with Crippen molar-refractivity contribution in [2.45, 2.75) is 32.4 Å². The third kappa shape index (κ3) is 2.97. The van der Waals surface area contributed by atoms with Crippen molar-refractivity contribution < 1.29 is 9.90 Å². The summed E-state index contributed by atoms with van der Waals surface area (Å²) in [4.78, 5) is 13.4. The first-order valence-electron chi connectivity index (χ1n) is 4.81. The monoisotopic (exact) mass is 186 g/mol. The van der Waals surface area contributed by atoms with Gasteiger partial charge in [-0.15, -0.1) is 0 Å². The molecular formula is C9H18N2O2. The van der Waals surface area contributed by atoms with E-state index in [0.717, 1.165) is 19.5 Å². The van der Waals surface area contributed by atoms with Crippen LogP contribution in [0.3, 0.4) is 0 Å². The zero-order chi connectivity index (χ0) is 9.84. The van der Waals surface area contributed by atoms with Crippen LogP contribution in [-0.4, -0.2) is 47.7 Å². The first-order valence-corrected chi connectivity index (χ1v) is 4.81. The Labute approximate surface area is 78.9 Å². The smallest absolute Gasteiger partial charge is 0.239 e. The summed E-state index contributed by atoms with van der Waals surface area (Å²) in [5.74, 6) is 0.0957. The number of aliphatic hydroxyl groups excluding tert-OH is 1. The van der Waals surface area contributed by atoms with Crippen molar-refractivity contribution in [3.63, 3.8) is 0 Å². The molecule has 4 heteroatoms. The van der Waals surface area contributed by atoms with Gasteiger partial charge in [-0.05, 0) is 26.8 Å². The predicted molar refractivity (Wildman–Crippen MR) is 50.3 cm³/mol. The topological polar surface area (TPSA) is 52.6 Å². The van der Waals surface area contributed by atoms with Crippen LogP contribution < -0.4 is 5.32 Å². The average molecular weight is 186 g/mol. The Morgan fingerprint density at radius 1 is 1.77 bits per heavy atom. The lowest BCUT2D eigenvalue weighted by Crippen LogP contribution is -2.44. The van der Waals surface area contributed by atoms with E-state index in [2.05, 4.69) is 5.32 Å². The second kappa shape index (κ2) is 4.58. The molecule has 1 fully saturated rings. The van der Waals surface area contributed by atoms with E-state index in [1.165, 1.54) is 0 Å². The van der Waals surface area contributed by atoms with Crippen LogP contribution in [0.1, 0.15) is 20.3 Å². The number of carbonyl (C=O) groups is 1. The fourth-order valence-corrected chi connectivity index (χ4v) is 1.56. The van der Waals surface area contributed by atoms with Crippen LogP contribution in [0.15, 0.2) is 0 Å². The zero-order valence-electron chi connectivity index (χ0n) is 8.29. The zero-order valence-corrected chi connectivity index (χ0v) is 8.29. The molecule has 0 bridgehead atoms. The molecule has 0 spiro atoms. The number of β-amino-alcohol motifs (C(OH)–C–C–N with tert-alkyl or cyclic N) is 1. The van der Waals surface area contributed by atoms with E-state index in [1.807, 2.05) is 6.92 Å². The first-order chi connectivity index (χ1) is 6.11. The molecule has 2 unspecified atom stereocenters. The van der Waals surface area contributed by atoms with Gasteiger partial charge >= 0.3 is 0 Å². The van der Waals surface area contributed by atoms with Gasteiger partial charge in [-0.2, -0.15) is 0 Å². The Hall–Kier alpha value is -0.610. The molecule has 1 heterocycles. The van der Waals surface area contributed by atoms with Gasteiger partial charge in [0.05, 0.1) is 12.1 Å². The van der Waals surface area contributed by atoms with Crippen molar-refractivity contribution in [1.29, 1.82) is 0 Å². The second-order valence-electron chi connectivity index (χ2n) is 3.66. The molecule has 13 heavy (non-hydrogen) atoms. The third-order valence-corrected chi connectivity index (χ3v) is 2.22. The minimum Gasteiger partial charge on any atom is -0.392 e. The molecule has 0 radical (unpaired) electrons. The van der Waals surface area contributed by atoms with E-state index in [4.69, 9.17) is 0 Å². The Morgan fingerprint density at radius 2 is 2.46 bits per heavy atom. The highest BCUT2D eigenvalue weighted by Gasteiger charge is 2.23. The van der Waals surface area contributed by atoms with Gasteiger partial charge in [0.25, 0.3) is 0 Å². The molecule has 2 N–H and O–H groups in total. The van der Waals surface area contributed by atoms with Gasteiger partial charge in [0.1, 0.15) is 0 Å². The van der Waals surface area contributed by atoms with Crippen molar-refractivity contribution in [1.82, 2.24) is 10.2 Å². The first kappa shape index (κ1) is 10.5. The van der Waals surface area contributed by atoms with Crippen molar-refractivity contribution >= 4 is 5.91 Å². The summed E-state index contributed by atoms with van der Waals surface area (Å²) in [6, 6.07) is -0.110. The normalized spacial score (nSPS) is 27.2. The lowest BCUT2D eigenvalue weighted by molar-refractivity contribution is -0.133. The van der Waals surface area contributed by atoms with Crippen molar-refractivity contribution in [3.05, 3.63) is 0 Å².